The molecule has 1 aromatic rings. The van der Waals surface area contributed by atoms with Crippen LogP contribution in [-0.2, 0) is 0 Å². The minimum Gasteiger partial charge on any atom is -0.491 e. The van der Waals surface area contributed by atoms with Gasteiger partial charge in [0, 0.05) is 0 Å². The van der Waals surface area contributed by atoms with E-state index in [1.807, 2.05) is 6.07 Å². The van der Waals surface area contributed by atoms with E-state index < -0.39 is 0 Å². The van der Waals surface area contributed by atoms with Gasteiger partial charge in [0.15, 0.2) is 11.5 Å². The fourth-order valence-electron chi connectivity index (χ4n) is 1.38. The molecule has 72 valence electrons. The molecular weight excluding hydrogens is 182 g/mol. The predicted octanol–water partition coefficient (Wildman–Crippen LogP) is 1.34. The molecule has 0 unspecified atom stereocenters. The van der Waals surface area contributed by atoms with E-state index in [1.165, 1.54) is 7.11 Å². The van der Waals surface area contributed by atoms with E-state index in [0.29, 0.717) is 36.0 Å². The molecule has 0 aromatic heterocycles. The summed E-state index contributed by atoms with van der Waals surface area (Å²) in [5, 5.41) is 8.82. The van der Waals surface area contributed by atoms with Gasteiger partial charge in [-0.15, -0.1) is 0 Å². The summed E-state index contributed by atoms with van der Waals surface area (Å²) in [6.07, 6.45) is 0. The van der Waals surface area contributed by atoms with Crippen molar-refractivity contribution in [1.29, 1.82) is 5.26 Å². The molecule has 0 aliphatic carbocycles. The van der Waals surface area contributed by atoms with E-state index in [1.54, 1.807) is 12.1 Å². The third-order valence-corrected chi connectivity index (χ3v) is 1.99. The van der Waals surface area contributed by atoms with Crippen molar-refractivity contribution in [2.75, 3.05) is 20.3 Å². The summed E-state index contributed by atoms with van der Waals surface area (Å²) < 4.78 is 15.8. The van der Waals surface area contributed by atoms with Crippen molar-refractivity contribution >= 4 is 0 Å². The summed E-state index contributed by atoms with van der Waals surface area (Å²) in [6.45, 7) is 1.01. The highest BCUT2D eigenvalue weighted by atomic mass is 16.6. The second-order valence-electron chi connectivity index (χ2n) is 2.78. The molecule has 1 aromatic carbocycles. The van der Waals surface area contributed by atoms with Crippen LogP contribution in [0.15, 0.2) is 12.1 Å². The van der Waals surface area contributed by atoms with Gasteiger partial charge >= 0.3 is 0 Å². The Morgan fingerprint density at radius 3 is 2.86 bits per heavy atom. The van der Waals surface area contributed by atoms with Crippen molar-refractivity contribution in [2.45, 2.75) is 0 Å². The Balaban J connectivity index is 2.57. The molecule has 0 N–H and O–H groups in total. The summed E-state index contributed by atoms with van der Waals surface area (Å²) in [6, 6.07) is 5.41. The first-order chi connectivity index (χ1) is 6.86. The number of ether oxygens (including phenoxy) is 3. The number of nitrogens with zero attached hydrogens (tertiary/aromatic N) is 1. The average Bonchev–Trinajstić information content (AvgIpc) is 2.27. The Hall–Kier alpha value is -1.89. The molecule has 0 radical (unpaired) electrons. The third-order valence-electron chi connectivity index (χ3n) is 1.99. The predicted molar refractivity (Wildman–Crippen MR) is 48.7 cm³/mol. The summed E-state index contributed by atoms with van der Waals surface area (Å²) >= 11 is 0. The Morgan fingerprint density at radius 2 is 2.14 bits per heavy atom. The number of hydrogen-bond donors (Lipinski definition) is 0. The molecule has 0 saturated carbocycles. The van der Waals surface area contributed by atoms with Crippen molar-refractivity contribution in [1.82, 2.24) is 0 Å². The summed E-state index contributed by atoms with van der Waals surface area (Å²) in [5.41, 5.74) is 0.455. The van der Waals surface area contributed by atoms with Gasteiger partial charge in [-0.1, -0.05) is 0 Å². The van der Waals surface area contributed by atoms with Crippen LogP contribution in [0.1, 0.15) is 5.56 Å². The third kappa shape index (κ3) is 1.23. The van der Waals surface area contributed by atoms with Gasteiger partial charge in [-0.2, -0.15) is 5.26 Å². The highest BCUT2D eigenvalue weighted by Crippen LogP contribution is 2.41. The summed E-state index contributed by atoms with van der Waals surface area (Å²) in [4.78, 5) is 0. The van der Waals surface area contributed by atoms with Crippen LogP contribution in [0.2, 0.25) is 0 Å². The van der Waals surface area contributed by atoms with Crippen LogP contribution < -0.4 is 14.2 Å². The van der Waals surface area contributed by atoms with Crippen LogP contribution >= 0.6 is 0 Å². The van der Waals surface area contributed by atoms with Gasteiger partial charge in [-0.05, 0) is 12.1 Å². The first kappa shape index (κ1) is 8.70. The molecule has 0 atom stereocenters. The highest BCUT2D eigenvalue weighted by Gasteiger charge is 2.19. The normalized spacial score (nSPS) is 13.1. The topological polar surface area (TPSA) is 51.5 Å². The Labute approximate surface area is 81.6 Å². The van der Waals surface area contributed by atoms with Crippen molar-refractivity contribution in [3.63, 3.8) is 0 Å². The molecule has 4 heteroatoms. The van der Waals surface area contributed by atoms with Gasteiger partial charge in [-0.3, -0.25) is 0 Å². The maximum atomic E-state index is 8.82. The number of rotatable bonds is 1. The lowest BCUT2D eigenvalue weighted by Crippen LogP contribution is -2.16. The molecular formula is C10H9NO3. The monoisotopic (exact) mass is 191 g/mol. The van der Waals surface area contributed by atoms with Gasteiger partial charge in [-0.25, -0.2) is 0 Å². The molecule has 4 nitrogen and oxygen atoms in total. The van der Waals surface area contributed by atoms with E-state index in [4.69, 9.17) is 19.5 Å². The number of hydrogen-bond acceptors (Lipinski definition) is 4. The van der Waals surface area contributed by atoms with Crippen molar-refractivity contribution in [2.24, 2.45) is 0 Å². The van der Waals surface area contributed by atoms with Gasteiger partial charge in [0.25, 0.3) is 0 Å². The van der Waals surface area contributed by atoms with Crippen LogP contribution in [0, 0.1) is 11.3 Å². The van der Waals surface area contributed by atoms with Crippen molar-refractivity contribution in [3.8, 4) is 23.3 Å². The van der Waals surface area contributed by atoms with E-state index in [2.05, 4.69) is 0 Å². The molecule has 0 spiro atoms. The number of methoxy groups -OCH3 is 1. The first-order valence-corrected chi connectivity index (χ1v) is 4.23. The van der Waals surface area contributed by atoms with Crippen molar-refractivity contribution < 1.29 is 14.2 Å². The quantitative estimate of drug-likeness (QED) is 0.672. The lowest BCUT2D eigenvalue weighted by atomic mass is 10.2. The molecule has 1 aliphatic heterocycles. The van der Waals surface area contributed by atoms with Crippen LogP contribution in [0.3, 0.4) is 0 Å². The Bertz CT molecular complexity index is 395. The molecule has 0 fully saturated rings. The standard InChI is InChI=1S/C10H9NO3/c1-12-9-7(6-11)2-3-8-10(9)14-5-4-13-8/h2-3H,4-5H2,1H3. The molecule has 0 bridgehead atoms. The minimum absolute atomic E-state index is 0.449. The van der Waals surface area contributed by atoms with Crippen LogP contribution in [0.4, 0.5) is 0 Å². The molecule has 2 rings (SSSR count). The van der Waals surface area contributed by atoms with E-state index in [0.717, 1.165) is 0 Å². The van der Waals surface area contributed by atoms with E-state index in [9.17, 15) is 0 Å². The molecule has 1 aliphatic rings. The number of benzene rings is 1. The molecule has 0 saturated heterocycles. The minimum atomic E-state index is 0.449. The lowest BCUT2D eigenvalue weighted by Gasteiger charge is -2.20. The molecule has 14 heavy (non-hydrogen) atoms. The second kappa shape index (κ2) is 3.46. The maximum absolute atomic E-state index is 8.82. The zero-order chi connectivity index (χ0) is 9.97. The van der Waals surface area contributed by atoms with E-state index >= 15 is 0 Å². The largest absolute Gasteiger partial charge is 0.491 e. The van der Waals surface area contributed by atoms with Crippen LogP contribution in [0.5, 0.6) is 17.2 Å². The van der Waals surface area contributed by atoms with Gasteiger partial charge < -0.3 is 14.2 Å². The Kier molecular flexibility index (Phi) is 2.15. The zero-order valence-corrected chi connectivity index (χ0v) is 7.74. The Morgan fingerprint density at radius 1 is 1.36 bits per heavy atom. The van der Waals surface area contributed by atoms with Gasteiger partial charge in [0.05, 0.1) is 12.7 Å². The first-order valence-electron chi connectivity index (χ1n) is 4.23. The number of nitriles is 1. The molecule has 0 amide bonds. The molecule has 1 heterocycles. The van der Waals surface area contributed by atoms with Gasteiger partial charge in [0.2, 0.25) is 5.75 Å². The smallest absolute Gasteiger partial charge is 0.205 e. The number of fused-ring (bicyclic) bond motifs is 1. The van der Waals surface area contributed by atoms with E-state index in [-0.39, 0.29) is 0 Å². The summed E-state index contributed by atoms with van der Waals surface area (Å²) in [5.74, 6) is 1.61. The van der Waals surface area contributed by atoms with Gasteiger partial charge in [0.1, 0.15) is 19.3 Å². The fourth-order valence-corrected chi connectivity index (χ4v) is 1.38. The van der Waals surface area contributed by atoms with Crippen molar-refractivity contribution in [3.05, 3.63) is 17.7 Å². The summed E-state index contributed by atoms with van der Waals surface area (Å²) in [7, 11) is 1.51. The second-order valence-corrected chi connectivity index (χ2v) is 2.78. The fraction of sp³-hybridized carbons (Fsp3) is 0.300. The SMILES string of the molecule is COc1c(C#N)ccc2c1OCCO2. The van der Waals surface area contributed by atoms with Crippen LogP contribution in [-0.4, -0.2) is 20.3 Å². The highest BCUT2D eigenvalue weighted by molar-refractivity contribution is 5.59. The maximum Gasteiger partial charge on any atom is 0.205 e. The lowest BCUT2D eigenvalue weighted by molar-refractivity contribution is 0.165. The average molecular weight is 191 g/mol. The zero-order valence-electron chi connectivity index (χ0n) is 7.74. The van der Waals surface area contributed by atoms with Crippen LogP contribution in [0.25, 0.3) is 0 Å².